The van der Waals surface area contributed by atoms with E-state index < -0.39 is 0 Å². The first-order valence-electron chi connectivity index (χ1n) is 8.18. The van der Waals surface area contributed by atoms with E-state index in [0.29, 0.717) is 16.5 Å². The minimum Gasteiger partial charge on any atom is -0.493 e. The molecule has 0 bridgehead atoms. The number of hydrogen-bond acceptors (Lipinski definition) is 6. The van der Waals surface area contributed by atoms with Crippen LogP contribution in [0.2, 0.25) is 5.02 Å². The van der Waals surface area contributed by atoms with E-state index in [1.807, 2.05) is 53.2 Å². The molecule has 0 unspecified atom stereocenters. The molecule has 138 valence electrons. The number of halogens is 1. The number of aromatic nitrogens is 3. The van der Waals surface area contributed by atoms with Crippen LogP contribution < -0.4 is 14.8 Å². The Hall–Kier alpha value is -2.77. The molecule has 0 aliphatic carbocycles. The lowest BCUT2D eigenvalue weighted by molar-refractivity contribution is 0.355. The number of thiazole rings is 1. The van der Waals surface area contributed by atoms with Gasteiger partial charge in [-0.3, -0.25) is 4.40 Å². The predicted molar refractivity (Wildman–Crippen MR) is 109 cm³/mol. The molecule has 0 saturated carbocycles. The minimum absolute atomic E-state index is 0.653. The molecule has 8 heteroatoms. The summed E-state index contributed by atoms with van der Waals surface area (Å²) in [6.07, 6.45) is 1.85. The van der Waals surface area contributed by atoms with Crippen LogP contribution >= 0.6 is 22.9 Å². The van der Waals surface area contributed by atoms with Gasteiger partial charge in [0.25, 0.3) is 0 Å². The van der Waals surface area contributed by atoms with Crippen LogP contribution in [0.15, 0.2) is 41.9 Å². The molecule has 3 aromatic heterocycles. The van der Waals surface area contributed by atoms with Crippen molar-refractivity contribution in [3.63, 3.8) is 0 Å². The Morgan fingerprint density at radius 3 is 2.67 bits per heavy atom. The zero-order valence-corrected chi connectivity index (χ0v) is 16.6. The van der Waals surface area contributed by atoms with E-state index in [9.17, 15) is 0 Å². The Morgan fingerprint density at radius 1 is 1.07 bits per heavy atom. The molecule has 0 saturated heterocycles. The number of methoxy groups -OCH3 is 2. The minimum atomic E-state index is 0.653. The molecule has 0 aliphatic rings. The van der Waals surface area contributed by atoms with Crippen molar-refractivity contribution in [2.45, 2.75) is 6.92 Å². The van der Waals surface area contributed by atoms with Crippen LogP contribution in [0.25, 0.3) is 17.0 Å². The second kappa shape index (κ2) is 7.09. The molecule has 0 aliphatic heterocycles. The van der Waals surface area contributed by atoms with Gasteiger partial charge in [0.1, 0.15) is 11.3 Å². The molecule has 0 amide bonds. The number of nitrogens with zero attached hydrogens (tertiary/aromatic N) is 3. The summed E-state index contributed by atoms with van der Waals surface area (Å²) in [6.45, 7) is 1.97. The van der Waals surface area contributed by atoms with Crippen LogP contribution in [0.1, 0.15) is 5.69 Å². The maximum absolute atomic E-state index is 6.15. The number of rotatable bonds is 5. The number of fused-ring (bicyclic) bond motifs is 1. The molecule has 1 N–H and O–H groups in total. The number of nitrogens with one attached hydrogen (secondary N) is 1. The van der Waals surface area contributed by atoms with E-state index in [1.165, 1.54) is 11.3 Å². The molecule has 0 fully saturated rings. The first kappa shape index (κ1) is 17.6. The third kappa shape index (κ3) is 3.31. The summed E-state index contributed by atoms with van der Waals surface area (Å²) in [5, 5.41) is 6.73. The van der Waals surface area contributed by atoms with E-state index in [1.54, 1.807) is 14.2 Å². The summed E-state index contributed by atoms with van der Waals surface area (Å²) >= 11 is 7.67. The molecule has 0 atom stereocenters. The molecule has 0 radical (unpaired) electrons. The highest BCUT2D eigenvalue weighted by Gasteiger charge is 2.15. The van der Waals surface area contributed by atoms with Crippen LogP contribution in [0.3, 0.4) is 0 Å². The van der Waals surface area contributed by atoms with Gasteiger partial charge in [-0.05, 0) is 31.2 Å². The number of ether oxygens (including phenoxy) is 2. The Morgan fingerprint density at radius 2 is 1.89 bits per heavy atom. The molecule has 27 heavy (non-hydrogen) atoms. The van der Waals surface area contributed by atoms with Crippen molar-refractivity contribution >= 4 is 39.4 Å². The monoisotopic (exact) mass is 400 g/mol. The third-order valence-electron chi connectivity index (χ3n) is 4.14. The molecule has 0 spiro atoms. The highest BCUT2D eigenvalue weighted by molar-refractivity contribution is 7.14. The number of aryl methyl sites for hydroxylation is 1. The van der Waals surface area contributed by atoms with E-state index in [-0.39, 0.29) is 0 Å². The van der Waals surface area contributed by atoms with Crippen LogP contribution in [0.4, 0.5) is 10.8 Å². The van der Waals surface area contributed by atoms with Gasteiger partial charge in [-0.2, -0.15) is 0 Å². The fourth-order valence-corrected chi connectivity index (χ4v) is 3.80. The van der Waals surface area contributed by atoms with E-state index in [2.05, 4.69) is 10.3 Å². The molecule has 1 aromatic carbocycles. The van der Waals surface area contributed by atoms with Crippen LogP contribution in [0, 0.1) is 6.92 Å². The summed E-state index contributed by atoms with van der Waals surface area (Å²) in [5.41, 5.74) is 4.39. The number of pyridine rings is 1. The molecular weight excluding hydrogens is 384 g/mol. The summed E-state index contributed by atoms with van der Waals surface area (Å²) in [7, 11) is 3.23. The Balaban J connectivity index is 1.67. The number of anilines is 2. The lowest BCUT2D eigenvalue weighted by Gasteiger charge is -2.09. The van der Waals surface area contributed by atoms with Crippen molar-refractivity contribution in [3.05, 3.63) is 52.6 Å². The van der Waals surface area contributed by atoms with Crippen LogP contribution in [-0.2, 0) is 0 Å². The smallest absolute Gasteiger partial charge is 0.187 e. The summed E-state index contributed by atoms with van der Waals surface area (Å²) in [5.74, 6) is 1.34. The first-order chi connectivity index (χ1) is 13.1. The van der Waals surface area contributed by atoms with Gasteiger partial charge >= 0.3 is 0 Å². The fraction of sp³-hybridized carbons (Fsp3) is 0.158. The number of hydrogen-bond donors (Lipinski definition) is 1. The zero-order chi connectivity index (χ0) is 19.0. The van der Waals surface area contributed by atoms with Crippen molar-refractivity contribution in [2.24, 2.45) is 0 Å². The SMILES string of the molecule is COc1ccc(Nc2nc(-c3c(C)nc4ccc(Cl)cn34)cs2)cc1OC. The maximum atomic E-state index is 6.15. The topological polar surface area (TPSA) is 60.7 Å². The lowest BCUT2D eigenvalue weighted by Crippen LogP contribution is -1.94. The van der Waals surface area contributed by atoms with E-state index in [4.69, 9.17) is 26.1 Å². The van der Waals surface area contributed by atoms with Crippen molar-refractivity contribution in [1.29, 1.82) is 0 Å². The average Bonchev–Trinajstić information content (AvgIpc) is 3.24. The van der Waals surface area contributed by atoms with Gasteiger partial charge in [0.05, 0.1) is 30.6 Å². The average molecular weight is 401 g/mol. The van der Waals surface area contributed by atoms with Gasteiger partial charge in [-0.1, -0.05) is 11.6 Å². The standard InChI is InChI=1S/C19H17ClN4O2S/c1-11-18(24-9-12(20)4-7-17(24)21-11)14-10-27-19(23-14)22-13-5-6-15(25-2)16(8-13)26-3/h4-10H,1-3H3,(H,22,23). The van der Waals surface area contributed by atoms with E-state index >= 15 is 0 Å². The van der Waals surface area contributed by atoms with Gasteiger partial charge < -0.3 is 14.8 Å². The fourth-order valence-electron chi connectivity index (χ4n) is 2.92. The maximum Gasteiger partial charge on any atom is 0.187 e. The number of imidazole rings is 1. The van der Waals surface area contributed by atoms with E-state index in [0.717, 1.165) is 33.5 Å². The second-order valence-electron chi connectivity index (χ2n) is 5.85. The predicted octanol–water partition coefficient (Wildman–Crippen LogP) is 5.18. The Kier molecular flexibility index (Phi) is 4.63. The van der Waals surface area contributed by atoms with Gasteiger partial charge in [0, 0.05) is 23.3 Å². The molecule has 4 aromatic rings. The lowest BCUT2D eigenvalue weighted by atomic mass is 10.2. The van der Waals surface area contributed by atoms with Gasteiger partial charge in [-0.25, -0.2) is 9.97 Å². The molecule has 3 heterocycles. The highest BCUT2D eigenvalue weighted by Crippen LogP contribution is 2.33. The van der Waals surface area contributed by atoms with Crippen molar-refractivity contribution in [1.82, 2.24) is 14.4 Å². The molecule has 6 nitrogen and oxygen atoms in total. The summed E-state index contributed by atoms with van der Waals surface area (Å²) < 4.78 is 12.6. The summed E-state index contributed by atoms with van der Waals surface area (Å²) in [4.78, 5) is 9.30. The van der Waals surface area contributed by atoms with Crippen molar-refractivity contribution in [3.8, 4) is 22.9 Å². The van der Waals surface area contributed by atoms with Crippen molar-refractivity contribution < 1.29 is 9.47 Å². The largest absolute Gasteiger partial charge is 0.493 e. The number of benzene rings is 1. The highest BCUT2D eigenvalue weighted by atomic mass is 35.5. The Bertz CT molecular complexity index is 1120. The van der Waals surface area contributed by atoms with Gasteiger partial charge in [-0.15, -0.1) is 11.3 Å². The Labute approximate surface area is 165 Å². The normalized spacial score (nSPS) is 11.0. The third-order valence-corrected chi connectivity index (χ3v) is 5.12. The van der Waals surface area contributed by atoms with Crippen LogP contribution in [-0.4, -0.2) is 28.6 Å². The van der Waals surface area contributed by atoms with Crippen molar-refractivity contribution in [2.75, 3.05) is 19.5 Å². The van der Waals surface area contributed by atoms with Crippen LogP contribution in [0.5, 0.6) is 11.5 Å². The first-order valence-corrected chi connectivity index (χ1v) is 9.44. The zero-order valence-electron chi connectivity index (χ0n) is 15.0. The quantitative estimate of drug-likeness (QED) is 0.500. The van der Waals surface area contributed by atoms with Gasteiger partial charge in [0.2, 0.25) is 0 Å². The molecule has 4 rings (SSSR count). The van der Waals surface area contributed by atoms with Gasteiger partial charge in [0.15, 0.2) is 16.6 Å². The second-order valence-corrected chi connectivity index (χ2v) is 7.15. The molecular formula is C19H17ClN4O2S. The summed E-state index contributed by atoms with van der Waals surface area (Å²) in [6, 6.07) is 9.37.